The molecule has 0 saturated carbocycles. The summed E-state index contributed by atoms with van der Waals surface area (Å²) < 4.78 is 11.6. The Bertz CT molecular complexity index is 1630. The van der Waals surface area contributed by atoms with Gasteiger partial charge in [-0.25, -0.2) is 0 Å². The molecule has 0 fully saturated rings. The second kappa shape index (κ2) is 14.9. The molecule has 0 aliphatic rings. The summed E-state index contributed by atoms with van der Waals surface area (Å²) in [7, 11) is 3.17. The van der Waals surface area contributed by atoms with Crippen LogP contribution in [0.4, 0.5) is 0 Å². The molecule has 5 aromatic carbocycles. The summed E-state index contributed by atoms with van der Waals surface area (Å²) in [5.74, 6) is -1.34. The van der Waals surface area contributed by atoms with Crippen molar-refractivity contribution in [3.05, 3.63) is 167 Å². The lowest BCUT2D eigenvalue weighted by Gasteiger charge is -2.34. The molecule has 0 spiro atoms. The molecule has 5 nitrogen and oxygen atoms in total. The number of ether oxygens (including phenoxy) is 2. The van der Waals surface area contributed by atoms with Crippen LogP contribution in [0, 0.1) is 5.92 Å². The molecule has 0 bridgehead atoms. The Morgan fingerprint density at radius 1 is 0.467 bits per heavy atom. The third-order valence-electron chi connectivity index (χ3n) is 8.31. The fraction of sp³-hybridized carbons (Fsp3) is 0.175. The number of Topliss-reactive ketones (excluding diaryl/α,β-unsaturated/α-hetero) is 3. The Morgan fingerprint density at radius 2 is 0.800 bits per heavy atom. The van der Waals surface area contributed by atoms with Crippen LogP contribution in [0.15, 0.2) is 140 Å². The molecule has 5 rings (SSSR count). The van der Waals surface area contributed by atoms with E-state index >= 15 is 0 Å². The van der Waals surface area contributed by atoms with Crippen molar-refractivity contribution in [3.8, 4) is 11.5 Å². The number of ketones is 3. The molecule has 5 aromatic rings. The van der Waals surface area contributed by atoms with Crippen LogP contribution in [-0.2, 0) is 0 Å². The molecule has 0 aliphatic heterocycles. The average Bonchev–Trinajstić information content (AvgIpc) is 3.11. The number of carbonyl (C=O) groups is 3. The van der Waals surface area contributed by atoms with Gasteiger partial charge in [0.05, 0.1) is 14.2 Å². The van der Waals surface area contributed by atoms with Crippen molar-refractivity contribution in [1.29, 1.82) is 0 Å². The van der Waals surface area contributed by atoms with E-state index in [4.69, 9.17) is 9.47 Å². The van der Waals surface area contributed by atoms with Gasteiger partial charge in [0.1, 0.15) is 11.5 Å². The predicted molar refractivity (Wildman–Crippen MR) is 177 cm³/mol. The van der Waals surface area contributed by atoms with Crippen LogP contribution < -0.4 is 9.47 Å². The molecule has 5 heteroatoms. The molecule has 0 amide bonds. The number of benzene rings is 5. The quantitative estimate of drug-likeness (QED) is 0.120. The Morgan fingerprint density at radius 3 is 1.18 bits per heavy atom. The van der Waals surface area contributed by atoms with Crippen LogP contribution in [0.25, 0.3) is 0 Å². The molecule has 2 atom stereocenters. The van der Waals surface area contributed by atoms with Crippen molar-refractivity contribution in [1.82, 2.24) is 0 Å². The zero-order valence-corrected chi connectivity index (χ0v) is 25.5. The highest BCUT2D eigenvalue weighted by molar-refractivity contribution is 6.02. The minimum Gasteiger partial charge on any atom is -0.496 e. The fourth-order valence-corrected chi connectivity index (χ4v) is 6.13. The molecule has 0 saturated heterocycles. The van der Waals surface area contributed by atoms with Crippen molar-refractivity contribution in [2.75, 3.05) is 14.2 Å². The summed E-state index contributed by atoms with van der Waals surface area (Å²) in [6.45, 7) is 0. The van der Waals surface area contributed by atoms with Crippen molar-refractivity contribution < 1.29 is 23.9 Å². The van der Waals surface area contributed by atoms with Crippen LogP contribution >= 0.6 is 0 Å². The highest BCUT2D eigenvalue weighted by Gasteiger charge is 2.41. The van der Waals surface area contributed by atoms with Crippen molar-refractivity contribution in [2.24, 2.45) is 5.92 Å². The topological polar surface area (TPSA) is 69.7 Å². The van der Waals surface area contributed by atoms with Crippen LogP contribution in [0.2, 0.25) is 0 Å². The molecule has 0 radical (unpaired) electrons. The zero-order valence-electron chi connectivity index (χ0n) is 25.5. The number of hydrogen-bond donors (Lipinski definition) is 0. The Kier molecular flexibility index (Phi) is 10.3. The summed E-state index contributed by atoms with van der Waals surface area (Å²) in [6.07, 6.45) is 0.0532. The summed E-state index contributed by atoms with van der Waals surface area (Å²) >= 11 is 0. The largest absolute Gasteiger partial charge is 0.496 e. The fourth-order valence-electron chi connectivity index (χ4n) is 6.13. The molecule has 0 N–H and O–H groups in total. The van der Waals surface area contributed by atoms with Gasteiger partial charge >= 0.3 is 0 Å². The van der Waals surface area contributed by atoms with E-state index in [2.05, 4.69) is 0 Å². The maximum atomic E-state index is 14.9. The van der Waals surface area contributed by atoms with E-state index in [0.717, 1.165) is 11.1 Å². The lowest BCUT2D eigenvalue weighted by molar-refractivity contribution is 0.0832. The van der Waals surface area contributed by atoms with Gasteiger partial charge in [0.2, 0.25) is 0 Å². The van der Waals surface area contributed by atoms with E-state index in [-0.39, 0.29) is 30.2 Å². The number of hydrogen-bond acceptors (Lipinski definition) is 5. The van der Waals surface area contributed by atoms with Gasteiger partial charge in [-0.15, -0.1) is 0 Å². The maximum absolute atomic E-state index is 14.9. The smallest absolute Gasteiger partial charge is 0.167 e. The SMILES string of the molecule is COc1ccccc1C(CC(=O)c1ccccc1)C(C(=O)c1ccccc1)C(CC(=O)c1ccccc1)c1ccccc1OC. The zero-order chi connectivity index (χ0) is 31.6. The first-order chi connectivity index (χ1) is 22.0. The van der Waals surface area contributed by atoms with E-state index in [1.807, 2.05) is 103 Å². The molecular formula is C40H36O5. The van der Waals surface area contributed by atoms with Gasteiger partial charge in [-0.05, 0) is 23.3 Å². The molecule has 45 heavy (non-hydrogen) atoms. The number of methoxy groups -OCH3 is 2. The maximum Gasteiger partial charge on any atom is 0.167 e. The lowest BCUT2D eigenvalue weighted by Crippen LogP contribution is -2.32. The number of rotatable bonds is 14. The van der Waals surface area contributed by atoms with Gasteiger partial charge in [-0.3, -0.25) is 14.4 Å². The average molecular weight is 597 g/mol. The molecular weight excluding hydrogens is 560 g/mol. The van der Waals surface area contributed by atoms with Crippen molar-refractivity contribution >= 4 is 17.3 Å². The van der Waals surface area contributed by atoms with Crippen LogP contribution in [-0.4, -0.2) is 31.6 Å². The van der Waals surface area contributed by atoms with Crippen LogP contribution in [0.3, 0.4) is 0 Å². The molecule has 0 heterocycles. The first kappa shape index (κ1) is 31.1. The number of carbonyl (C=O) groups excluding carboxylic acids is 3. The molecule has 0 aromatic heterocycles. The second-order valence-corrected chi connectivity index (χ2v) is 10.9. The summed E-state index contributed by atoms with van der Waals surface area (Å²) in [4.78, 5) is 42.9. The Labute approximate surface area is 264 Å². The van der Waals surface area contributed by atoms with Gasteiger partial charge in [0.25, 0.3) is 0 Å². The minimum absolute atomic E-state index is 0.0266. The lowest BCUT2D eigenvalue weighted by atomic mass is 9.67. The van der Waals surface area contributed by atoms with Crippen LogP contribution in [0.1, 0.15) is 66.9 Å². The summed E-state index contributed by atoms with van der Waals surface area (Å²) in [5.41, 5.74) is 3.06. The van der Waals surface area contributed by atoms with Crippen molar-refractivity contribution in [2.45, 2.75) is 24.7 Å². The van der Waals surface area contributed by atoms with Gasteiger partial charge in [-0.1, -0.05) is 127 Å². The molecule has 226 valence electrons. The van der Waals surface area contributed by atoms with Gasteiger partial charge in [0.15, 0.2) is 17.3 Å². The van der Waals surface area contributed by atoms with Gasteiger partial charge < -0.3 is 9.47 Å². The van der Waals surface area contributed by atoms with E-state index in [1.54, 1.807) is 50.6 Å². The van der Waals surface area contributed by atoms with Gasteiger partial charge in [0, 0.05) is 47.3 Å². The van der Waals surface area contributed by atoms with Crippen molar-refractivity contribution in [3.63, 3.8) is 0 Å². The van der Waals surface area contributed by atoms with E-state index < -0.39 is 17.8 Å². The Hall–Kier alpha value is -5.29. The normalized spacial score (nSPS) is 12.8. The Balaban J connectivity index is 1.75. The van der Waals surface area contributed by atoms with E-state index in [0.29, 0.717) is 28.2 Å². The van der Waals surface area contributed by atoms with E-state index in [1.165, 1.54) is 0 Å². The second-order valence-electron chi connectivity index (χ2n) is 10.9. The predicted octanol–water partition coefficient (Wildman–Crippen LogP) is 8.62. The highest BCUT2D eigenvalue weighted by atomic mass is 16.5. The summed E-state index contributed by atoms with van der Waals surface area (Å²) in [6, 6.07) is 42.2. The molecule has 2 unspecified atom stereocenters. The third-order valence-corrected chi connectivity index (χ3v) is 8.31. The van der Waals surface area contributed by atoms with E-state index in [9.17, 15) is 14.4 Å². The first-order valence-electron chi connectivity index (χ1n) is 15.0. The first-order valence-corrected chi connectivity index (χ1v) is 15.0. The minimum atomic E-state index is -0.833. The van der Waals surface area contributed by atoms with Gasteiger partial charge in [-0.2, -0.15) is 0 Å². The van der Waals surface area contributed by atoms with Crippen LogP contribution in [0.5, 0.6) is 11.5 Å². The standard InChI is InChI=1S/C40H36O5/c1-44-37-24-14-12-22-31(37)33(26-35(41)28-16-6-3-7-17-28)39(40(43)30-20-10-5-11-21-30)34(32-23-13-15-25-38(32)45-2)27-36(42)29-18-8-4-9-19-29/h3-25,33-34,39H,26-27H2,1-2H3. The third kappa shape index (κ3) is 7.27. The highest BCUT2D eigenvalue weighted by Crippen LogP contribution is 2.47. The monoisotopic (exact) mass is 596 g/mol. The molecule has 0 aliphatic carbocycles. The number of para-hydroxylation sites is 2. The summed E-state index contributed by atoms with van der Waals surface area (Å²) in [5, 5.41) is 0.